The smallest absolute Gasteiger partial charge is 0.0223 e. The van der Waals surface area contributed by atoms with Crippen LogP contribution in [-0.4, -0.2) is 11.1 Å². The predicted molar refractivity (Wildman–Crippen MR) is 61.2 cm³/mol. The molecule has 0 unspecified atom stereocenters. The maximum absolute atomic E-state index is 3.38. The highest BCUT2D eigenvalue weighted by molar-refractivity contribution is 5.10. The molecule has 78 valence electrons. The number of aryl methyl sites for hydroxylation is 1. The topological polar surface area (TPSA) is 17.0 Å². The van der Waals surface area contributed by atoms with Gasteiger partial charge in [-0.25, -0.2) is 0 Å². The summed E-state index contributed by atoms with van der Waals surface area (Å²) in [6, 6.07) is 2.17. The van der Waals surface area contributed by atoms with E-state index in [-0.39, 0.29) is 0 Å². The minimum atomic E-state index is 0.955. The van der Waals surface area contributed by atoms with Crippen molar-refractivity contribution in [2.45, 2.75) is 33.9 Å². The van der Waals surface area contributed by atoms with Crippen molar-refractivity contribution in [3.8, 4) is 0 Å². The van der Waals surface area contributed by atoms with Crippen molar-refractivity contribution in [2.24, 2.45) is 0 Å². The van der Waals surface area contributed by atoms with Gasteiger partial charge in [-0.05, 0) is 32.4 Å². The predicted octanol–water partition coefficient (Wildman–Crippen LogP) is 2.56. The second-order valence-electron chi connectivity index (χ2n) is 3.76. The number of aromatic nitrogens is 1. The normalized spacial score (nSPS) is 10.2. The molecule has 0 aliphatic rings. The number of hydrogen-bond donors (Lipinski definition) is 1. The van der Waals surface area contributed by atoms with E-state index in [9.17, 15) is 0 Å². The standard InChI is InChI=1S/C12H20N2/c1-4-14-8-6-12(10-14)9-13-7-5-11(2)3/h5-6,8,10,13H,4,7,9H2,1-3H3. The van der Waals surface area contributed by atoms with Crippen LogP contribution in [0.1, 0.15) is 26.3 Å². The molecule has 1 heterocycles. The highest BCUT2D eigenvalue weighted by atomic mass is 14.9. The van der Waals surface area contributed by atoms with Gasteiger partial charge in [0.15, 0.2) is 0 Å². The lowest BCUT2D eigenvalue weighted by molar-refractivity contribution is 0.738. The van der Waals surface area contributed by atoms with Crippen LogP contribution in [0.5, 0.6) is 0 Å². The first-order chi connectivity index (χ1) is 6.72. The van der Waals surface area contributed by atoms with Crippen LogP contribution >= 0.6 is 0 Å². The molecule has 0 fully saturated rings. The molecule has 0 saturated heterocycles. The maximum atomic E-state index is 3.38. The molecule has 0 aliphatic heterocycles. The molecule has 1 N–H and O–H groups in total. The Kier molecular flexibility index (Phi) is 4.47. The summed E-state index contributed by atoms with van der Waals surface area (Å²) in [7, 11) is 0. The third kappa shape index (κ3) is 3.79. The number of nitrogens with zero attached hydrogens (tertiary/aromatic N) is 1. The van der Waals surface area contributed by atoms with Crippen LogP contribution in [0.15, 0.2) is 30.1 Å². The van der Waals surface area contributed by atoms with Crippen LogP contribution in [0, 0.1) is 0 Å². The van der Waals surface area contributed by atoms with E-state index < -0.39 is 0 Å². The van der Waals surface area contributed by atoms with Gasteiger partial charge in [0.05, 0.1) is 0 Å². The van der Waals surface area contributed by atoms with Crippen molar-refractivity contribution in [3.05, 3.63) is 35.7 Å². The molecule has 0 saturated carbocycles. The molecule has 0 atom stereocenters. The fraction of sp³-hybridized carbons (Fsp3) is 0.500. The molecule has 14 heavy (non-hydrogen) atoms. The average molecular weight is 192 g/mol. The molecule has 0 aliphatic carbocycles. The van der Waals surface area contributed by atoms with Crippen LogP contribution in [0.2, 0.25) is 0 Å². The molecular weight excluding hydrogens is 172 g/mol. The molecule has 1 aromatic rings. The number of hydrogen-bond acceptors (Lipinski definition) is 1. The summed E-state index contributed by atoms with van der Waals surface area (Å²) >= 11 is 0. The second kappa shape index (κ2) is 5.66. The Bertz CT molecular complexity index is 293. The molecule has 0 aromatic carbocycles. The Balaban J connectivity index is 2.28. The van der Waals surface area contributed by atoms with E-state index in [2.05, 4.69) is 55.2 Å². The van der Waals surface area contributed by atoms with Crippen molar-refractivity contribution < 1.29 is 0 Å². The number of nitrogens with one attached hydrogen (secondary N) is 1. The van der Waals surface area contributed by atoms with Gasteiger partial charge in [-0.3, -0.25) is 0 Å². The lowest BCUT2D eigenvalue weighted by Gasteiger charge is -1.99. The molecule has 1 aromatic heterocycles. The van der Waals surface area contributed by atoms with Gasteiger partial charge in [0.1, 0.15) is 0 Å². The van der Waals surface area contributed by atoms with Crippen LogP contribution in [0.25, 0.3) is 0 Å². The number of allylic oxidation sites excluding steroid dienone is 1. The van der Waals surface area contributed by atoms with Crippen molar-refractivity contribution in [1.82, 2.24) is 9.88 Å². The van der Waals surface area contributed by atoms with Gasteiger partial charge in [-0.2, -0.15) is 0 Å². The second-order valence-corrected chi connectivity index (χ2v) is 3.76. The van der Waals surface area contributed by atoms with E-state index >= 15 is 0 Å². The summed E-state index contributed by atoms with van der Waals surface area (Å²) < 4.78 is 2.19. The molecule has 0 spiro atoms. The Morgan fingerprint density at radius 1 is 1.50 bits per heavy atom. The van der Waals surface area contributed by atoms with E-state index in [1.165, 1.54) is 11.1 Å². The lowest BCUT2D eigenvalue weighted by Crippen LogP contribution is -2.12. The molecule has 0 radical (unpaired) electrons. The fourth-order valence-corrected chi connectivity index (χ4v) is 1.28. The van der Waals surface area contributed by atoms with E-state index in [1.807, 2.05) is 0 Å². The maximum Gasteiger partial charge on any atom is 0.0223 e. The summed E-state index contributed by atoms with van der Waals surface area (Å²) in [6.45, 7) is 9.36. The summed E-state index contributed by atoms with van der Waals surface area (Å²) in [5, 5.41) is 3.38. The molecule has 0 amide bonds. The highest BCUT2D eigenvalue weighted by Crippen LogP contribution is 2.00. The van der Waals surface area contributed by atoms with Crippen LogP contribution < -0.4 is 5.32 Å². The average Bonchev–Trinajstić information content (AvgIpc) is 2.60. The third-order valence-corrected chi connectivity index (χ3v) is 2.16. The van der Waals surface area contributed by atoms with E-state index in [0.717, 1.165) is 19.6 Å². The van der Waals surface area contributed by atoms with Gasteiger partial charge >= 0.3 is 0 Å². The SMILES string of the molecule is CCn1ccc(CNCC=C(C)C)c1. The van der Waals surface area contributed by atoms with E-state index in [0.29, 0.717) is 0 Å². The Labute approximate surface area is 86.6 Å². The van der Waals surface area contributed by atoms with Crippen molar-refractivity contribution in [1.29, 1.82) is 0 Å². The van der Waals surface area contributed by atoms with Gasteiger partial charge in [-0.1, -0.05) is 11.6 Å². The van der Waals surface area contributed by atoms with Gasteiger partial charge in [0, 0.05) is 32.0 Å². The zero-order valence-corrected chi connectivity index (χ0v) is 9.38. The molecule has 0 bridgehead atoms. The van der Waals surface area contributed by atoms with Crippen molar-refractivity contribution in [2.75, 3.05) is 6.54 Å². The van der Waals surface area contributed by atoms with Crippen LogP contribution in [0.4, 0.5) is 0 Å². The molecule has 1 rings (SSSR count). The first kappa shape index (κ1) is 11.1. The zero-order chi connectivity index (χ0) is 10.4. The van der Waals surface area contributed by atoms with Crippen LogP contribution in [-0.2, 0) is 13.1 Å². The van der Waals surface area contributed by atoms with Crippen molar-refractivity contribution in [3.63, 3.8) is 0 Å². The molecular formula is C12H20N2. The Hall–Kier alpha value is -1.02. The van der Waals surface area contributed by atoms with E-state index in [1.54, 1.807) is 0 Å². The van der Waals surface area contributed by atoms with Crippen molar-refractivity contribution >= 4 is 0 Å². The highest BCUT2D eigenvalue weighted by Gasteiger charge is 1.93. The molecule has 2 heteroatoms. The van der Waals surface area contributed by atoms with Gasteiger partial charge in [0.25, 0.3) is 0 Å². The van der Waals surface area contributed by atoms with Gasteiger partial charge in [0.2, 0.25) is 0 Å². The summed E-state index contributed by atoms with van der Waals surface area (Å²) in [5.41, 5.74) is 2.72. The first-order valence-electron chi connectivity index (χ1n) is 5.21. The Morgan fingerprint density at radius 3 is 2.86 bits per heavy atom. The zero-order valence-electron chi connectivity index (χ0n) is 9.38. The first-order valence-corrected chi connectivity index (χ1v) is 5.21. The quantitative estimate of drug-likeness (QED) is 0.560. The fourth-order valence-electron chi connectivity index (χ4n) is 1.28. The largest absolute Gasteiger partial charge is 0.354 e. The van der Waals surface area contributed by atoms with Gasteiger partial charge < -0.3 is 9.88 Å². The van der Waals surface area contributed by atoms with Gasteiger partial charge in [-0.15, -0.1) is 0 Å². The van der Waals surface area contributed by atoms with E-state index in [4.69, 9.17) is 0 Å². The summed E-state index contributed by atoms with van der Waals surface area (Å²) in [4.78, 5) is 0. The Morgan fingerprint density at radius 2 is 2.29 bits per heavy atom. The number of rotatable bonds is 5. The van der Waals surface area contributed by atoms with Crippen LogP contribution in [0.3, 0.4) is 0 Å². The summed E-state index contributed by atoms with van der Waals surface area (Å²) in [5.74, 6) is 0. The monoisotopic (exact) mass is 192 g/mol. The lowest BCUT2D eigenvalue weighted by atomic mass is 10.3. The third-order valence-electron chi connectivity index (χ3n) is 2.16. The minimum absolute atomic E-state index is 0.955. The minimum Gasteiger partial charge on any atom is -0.354 e. The molecule has 2 nitrogen and oxygen atoms in total. The summed E-state index contributed by atoms with van der Waals surface area (Å²) in [6.07, 6.45) is 6.52.